The molecule has 0 amide bonds. The molecule has 1 atom stereocenters. The SMILES string of the molecule is CCC1CCCCN1c1nc(C2CC2)nc(NN)c1C. The van der Waals surface area contributed by atoms with Crippen LogP contribution in [0.25, 0.3) is 0 Å². The van der Waals surface area contributed by atoms with Crippen molar-refractivity contribution in [3.63, 3.8) is 0 Å². The highest BCUT2D eigenvalue weighted by Gasteiger charge is 2.30. The largest absolute Gasteiger partial charge is 0.353 e. The van der Waals surface area contributed by atoms with Gasteiger partial charge >= 0.3 is 0 Å². The highest BCUT2D eigenvalue weighted by Crippen LogP contribution is 2.40. The number of hydrogen-bond donors (Lipinski definition) is 2. The molecule has 2 aliphatic rings. The normalized spacial score (nSPS) is 22.9. The predicted octanol–water partition coefficient (Wildman–Crippen LogP) is 2.72. The quantitative estimate of drug-likeness (QED) is 0.653. The number of nitrogen functional groups attached to an aromatic ring is 1. The van der Waals surface area contributed by atoms with Crippen molar-refractivity contribution in [2.45, 2.75) is 64.3 Å². The van der Waals surface area contributed by atoms with Crippen LogP contribution >= 0.6 is 0 Å². The van der Waals surface area contributed by atoms with Gasteiger partial charge in [0.05, 0.1) is 0 Å². The third-order valence-corrected chi connectivity index (χ3v) is 4.59. The van der Waals surface area contributed by atoms with Crippen molar-refractivity contribution in [2.75, 3.05) is 16.9 Å². The van der Waals surface area contributed by atoms with E-state index in [-0.39, 0.29) is 0 Å². The monoisotopic (exact) mass is 275 g/mol. The summed E-state index contributed by atoms with van der Waals surface area (Å²) in [5.74, 6) is 9.05. The Labute approximate surface area is 120 Å². The summed E-state index contributed by atoms with van der Waals surface area (Å²) in [5, 5.41) is 0. The smallest absolute Gasteiger partial charge is 0.148 e. The van der Waals surface area contributed by atoms with Crippen LogP contribution in [0, 0.1) is 6.92 Å². The van der Waals surface area contributed by atoms with Crippen LogP contribution in [0.2, 0.25) is 0 Å². The van der Waals surface area contributed by atoms with Gasteiger partial charge in [0, 0.05) is 24.1 Å². The minimum absolute atomic E-state index is 0.548. The predicted molar refractivity (Wildman–Crippen MR) is 81.8 cm³/mol. The van der Waals surface area contributed by atoms with Crippen LogP contribution in [-0.2, 0) is 0 Å². The number of nitrogens with zero attached hydrogens (tertiary/aromatic N) is 3. The van der Waals surface area contributed by atoms with Gasteiger partial charge in [0.2, 0.25) is 0 Å². The number of hydrogen-bond acceptors (Lipinski definition) is 5. The fourth-order valence-corrected chi connectivity index (χ4v) is 3.17. The average Bonchev–Trinajstić information content (AvgIpc) is 3.32. The lowest BCUT2D eigenvalue weighted by Gasteiger charge is -2.37. The van der Waals surface area contributed by atoms with Crippen LogP contribution in [0.1, 0.15) is 62.8 Å². The van der Waals surface area contributed by atoms with Crippen molar-refractivity contribution < 1.29 is 0 Å². The zero-order chi connectivity index (χ0) is 14.1. The molecule has 1 saturated heterocycles. The van der Waals surface area contributed by atoms with Gasteiger partial charge in [0.25, 0.3) is 0 Å². The maximum atomic E-state index is 5.65. The molecule has 1 unspecified atom stereocenters. The van der Waals surface area contributed by atoms with Crippen molar-refractivity contribution in [3.05, 3.63) is 11.4 Å². The number of hydrazine groups is 1. The van der Waals surface area contributed by atoms with E-state index >= 15 is 0 Å². The van der Waals surface area contributed by atoms with E-state index in [1.807, 2.05) is 0 Å². The fourth-order valence-electron chi connectivity index (χ4n) is 3.17. The van der Waals surface area contributed by atoms with Crippen LogP contribution in [-0.4, -0.2) is 22.6 Å². The van der Waals surface area contributed by atoms with Gasteiger partial charge in [-0.1, -0.05) is 6.92 Å². The van der Waals surface area contributed by atoms with Gasteiger partial charge < -0.3 is 10.3 Å². The van der Waals surface area contributed by atoms with E-state index in [0.29, 0.717) is 12.0 Å². The molecule has 0 radical (unpaired) electrons. The summed E-state index contributed by atoms with van der Waals surface area (Å²) < 4.78 is 0. The van der Waals surface area contributed by atoms with E-state index in [1.54, 1.807) is 0 Å². The van der Waals surface area contributed by atoms with Crippen molar-refractivity contribution in [1.82, 2.24) is 9.97 Å². The molecule has 0 spiro atoms. The van der Waals surface area contributed by atoms with E-state index in [9.17, 15) is 0 Å². The second-order valence-corrected chi connectivity index (χ2v) is 6.05. The minimum atomic E-state index is 0.548. The maximum Gasteiger partial charge on any atom is 0.148 e. The summed E-state index contributed by atoms with van der Waals surface area (Å²) in [5.41, 5.74) is 3.83. The summed E-state index contributed by atoms with van der Waals surface area (Å²) in [4.78, 5) is 11.9. The van der Waals surface area contributed by atoms with E-state index in [4.69, 9.17) is 10.8 Å². The zero-order valence-corrected chi connectivity index (χ0v) is 12.5. The minimum Gasteiger partial charge on any atom is -0.353 e. The lowest BCUT2D eigenvalue weighted by Crippen LogP contribution is -2.40. The molecule has 5 nitrogen and oxygen atoms in total. The molecule has 2 fully saturated rings. The van der Waals surface area contributed by atoms with Gasteiger partial charge in [0.15, 0.2) is 0 Å². The number of nitrogens with two attached hydrogens (primary N) is 1. The Morgan fingerprint density at radius 2 is 2.05 bits per heavy atom. The molecule has 2 heterocycles. The Kier molecular flexibility index (Phi) is 3.78. The summed E-state index contributed by atoms with van der Waals surface area (Å²) in [6, 6.07) is 0.607. The van der Waals surface area contributed by atoms with Crippen molar-refractivity contribution in [2.24, 2.45) is 5.84 Å². The fraction of sp³-hybridized carbons (Fsp3) is 0.733. The molecule has 1 aromatic heterocycles. The van der Waals surface area contributed by atoms with Gasteiger partial charge in [0.1, 0.15) is 17.5 Å². The summed E-state index contributed by atoms with van der Waals surface area (Å²) in [6.07, 6.45) is 7.45. The molecule has 3 rings (SSSR count). The second kappa shape index (κ2) is 5.56. The van der Waals surface area contributed by atoms with Crippen LogP contribution < -0.4 is 16.2 Å². The molecule has 1 aliphatic heterocycles. The topological polar surface area (TPSA) is 67.1 Å². The van der Waals surface area contributed by atoms with Crippen molar-refractivity contribution in [3.8, 4) is 0 Å². The third kappa shape index (κ3) is 2.46. The summed E-state index contributed by atoms with van der Waals surface area (Å²) in [7, 11) is 0. The molecule has 1 aromatic rings. The summed E-state index contributed by atoms with van der Waals surface area (Å²) >= 11 is 0. The first-order valence-electron chi connectivity index (χ1n) is 7.86. The maximum absolute atomic E-state index is 5.65. The van der Waals surface area contributed by atoms with Gasteiger partial charge in [-0.2, -0.15) is 0 Å². The number of aromatic nitrogens is 2. The first-order valence-corrected chi connectivity index (χ1v) is 7.86. The Bertz CT molecular complexity index is 483. The van der Waals surface area contributed by atoms with Crippen LogP contribution in [0.3, 0.4) is 0 Å². The molecule has 0 aromatic carbocycles. The Balaban J connectivity index is 1.99. The van der Waals surface area contributed by atoms with E-state index < -0.39 is 0 Å². The molecule has 0 bridgehead atoms. The second-order valence-electron chi connectivity index (χ2n) is 6.05. The molecule has 5 heteroatoms. The van der Waals surface area contributed by atoms with Gasteiger partial charge in [-0.25, -0.2) is 15.8 Å². The molecule has 1 aliphatic carbocycles. The van der Waals surface area contributed by atoms with E-state index in [0.717, 1.165) is 29.6 Å². The number of nitrogens with one attached hydrogen (secondary N) is 1. The van der Waals surface area contributed by atoms with Crippen LogP contribution in [0.5, 0.6) is 0 Å². The number of anilines is 2. The molecular formula is C15H25N5. The van der Waals surface area contributed by atoms with Gasteiger partial charge in [-0.05, 0) is 45.4 Å². The molecule has 3 N–H and O–H groups in total. The van der Waals surface area contributed by atoms with E-state index in [2.05, 4.69) is 29.2 Å². The zero-order valence-electron chi connectivity index (χ0n) is 12.5. The Morgan fingerprint density at radius 3 is 2.70 bits per heavy atom. The van der Waals surface area contributed by atoms with Crippen LogP contribution in [0.15, 0.2) is 0 Å². The highest BCUT2D eigenvalue weighted by molar-refractivity contribution is 5.59. The number of rotatable bonds is 4. The lowest BCUT2D eigenvalue weighted by molar-refractivity contribution is 0.445. The Morgan fingerprint density at radius 1 is 1.25 bits per heavy atom. The molecule has 110 valence electrons. The highest BCUT2D eigenvalue weighted by atomic mass is 15.3. The van der Waals surface area contributed by atoms with Gasteiger partial charge in [-0.15, -0.1) is 0 Å². The first kappa shape index (κ1) is 13.6. The third-order valence-electron chi connectivity index (χ3n) is 4.59. The number of piperidine rings is 1. The van der Waals surface area contributed by atoms with Crippen molar-refractivity contribution in [1.29, 1.82) is 0 Å². The Hall–Kier alpha value is -1.36. The molecule has 20 heavy (non-hydrogen) atoms. The lowest BCUT2D eigenvalue weighted by atomic mass is 9.99. The van der Waals surface area contributed by atoms with E-state index in [1.165, 1.54) is 38.5 Å². The van der Waals surface area contributed by atoms with Crippen molar-refractivity contribution >= 4 is 11.6 Å². The van der Waals surface area contributed by atoms with Gasteiger partial charge in [-0.3, -0.25) is 0 Å². The van der Waals surface area contributed by atoms with Crippen LogP contribution in [0.4, 0.5) is 11.6 Å². The average molecular weight is 275 g/mol. The first-order chi connectivity index (χ1) is 9.74. The molecular weight excluding hydrogens is 250 g/mol. The molecule has 1 saturated carbocycles. The standard InChI is InChI=1S/C15H25N5/c1-3-12-6-4-5-9-20(12)15-10(2)13(19-16)17-14(18-15)11-7-8-11/h11-12H,3-9,16H2,1-2H3,(H,17,18,19). The summed E-state index contributed by atoms with van der Waals surface area (Å²) in [6.45, 7) is 5.44.